The van der Waals surface area contributed by atoms with Gasteiger partial charge in [0.1, 0.15) is 0 Å². The first-order chi connectivity index (χ1) is 13.4. The topological polar surface area (TPSA) is 9.23 Å². The maximum atomic E-state index is 5.65. The van der Waals surface area contributed by atoms with Crippen LogP contribution in [0.2, 0.25) is 0 Å². The summed E-state index contributed by atoms with van der Waals surface area (Å²) in [4.78, 5) is 0. The van der Waals surface area contributed by atoms with Crippen LogP contribution in [0.3, 0.4) is 0 Å². The molecule has 3 aromatic carbocycles. The summed E-state index contributed by atoms with van der Waals surface area (Å²) in [6.07, 6.45) is 4.00. The van der Waals surface area contributed by atoms with Gasteiger partial charge >= 0.3 is 167 Å². The quantitative estimate of drug-likeness (QED) is 0.238. The first-order valence-electron chi connectivity index (χ1n) is 9.23. The molecule has 0 N–H and O–H groups in total. The van der Waals surface area contributed by atoms with Gasteiger partial charge in [-0.15, -0.1) is 0 Å². The SMILES string of the molecule is C/C=C/COCC#[C][Sn]([c]1ccccc1)([c]1ccccc1)[c]1ccccc1. The van der Waals surface area contributed by atoms with Gasteiger partial charge in [0.25, 0.3) is 0 Å². The Bertz CT molecular complexity index is 809. The molecule has 0 saturated carbocycles. The number of hydrogen-bond donors (Lipinski definition) is 0. The molecule has 0 heterocycles. The van der Waals surface area contributed by atoms with Crippen molar-refractivity contribution in [2.45, 2.75) is 6.92 Å². The van der Waals surface area contributed by atoms with Crippen molar-refractivity contribution < 1.29 is 4.74 Å². The molecule has 0 fully saturated rings. The van der Waals surface area contributed by atoms with Crippen molar-refractivity contribution in [1.82, 2.24) is 0 Å². The number of ether oxygens (including phenoxy) is 1. The summed E-state index contributed by atoms with van der Waals surface area (Å²) in [7, 11) is 0. The number of allylic oxidation sites excluding steroid dienone is 1. The van der Waals surface area contributed by atoms with Crippen molar-refractivity contribution >= 4 is 29.1 Å². The fraction of sp³-hybridized carbons (Fsp3) is 0.120. The van der Waals surface area contributed by atoms with Gasteiger partial charge in [0, 0.05) is 0 Å². The van der Waals surface area contributed by atoms with Crippen molar-refractivity contribution in [3.63, 3.8) is 0 Å². The van der Waals surface area contributed by atoms with Gasteiger partial charge < -0.3 is 0 Å². The van der Waals surface area contributed by atoms with Gasteiger partial charge in [-0.2, -0.15) is 0 Å². The van der Waals surface area contributed by atoms with Crippen LogP contribution in [0.1, 0.15) is 6.92 Å². The molecular formula is C25H24OSn. The predicted molar refractivity (Wildman–Crippen MR) is 117 cm³/mol. The molecule has 3 rings (SSSR count). The maximum absolute atomic E-state index is 5.65. The summed E-state index contributed by atoms with van der Waals surface area (Å²) in [6.45, 7) is 3.06. The van der Waals surface area contributed by atoms with Crippen LogP contribution in [0.15, 0.2) is 103 Å². The molecule has 1 nitrogen and oxygen atoms in total. The Balaban J connectivity index is 2.13. The standard InChI is InChI=1S/C7H9O.3C6H5.Sn/c1-3-5-7-8-6-4-2;3*1-2-4-6-5-3-1;/h3,5H,6-7H2,1H3;3*1-5H;/b5-3+;;;;. The van der Waals surface area contributed by atoms with E-state index in [0.29, 0.717) is 13.2 Å². The number of benzene rings is 3. The molecule has 2 heteroatoms. The van der Waals surface area contributed by atoms with Crippen molar-refractivity contribution in [2.24, 2.45) is 0 Å². The zero-order valence-electron chi connectivity index (χ0n) is 15.6. The molecule has 0 atom stereocenters. The summed E-state index contributed by atoms with van der Waals surface area (Å²) < 4.78 is 13.5. The summed E-state index contributed by atoms with van der Waals surface area (Å²) in [5.41, 5.74) is 0. The van der Waals surface area contributed by atoms with E-state index in [1.165, 1.54) is 10.7 Å². The van der Waals surface area contributed by atoms with E-state index in [1.54, 1.807) is 0 Å². The summed E-state index contributed by atoms with van der Waals surface area (Å²) in [6, 6.07) is 32.4. The zero-order valence-corrected chi connectivity index (χ0v) is 18.5. The molecule has 0 aliphatic carbocycles. The van der Waals surface area contributed by atoms with Crippen molar-refractivity contribution in [2.75, 3.05) is 13.2 Å². The molecule has 0 aliphatic heterocycles. The van der Waals surface area contributed by atoms with Crippen LogP contribution in [0.4, 0.5) is 0 Å². The Hall–Kier alpha value is -2.28. The van der Waals surface area contributed by atoms with Gasteiger partial charge in [-0.05, 0) is 0 Å². The monoisotopic (exact) mass is 460 g/mol. The van der Waals surface area contributed by atoms with Crippen molar-refractivity contribution in [3.8, 4) is 9.86 Å². The van der Waals surface area contributed by atoms with E-state index in [-0.39, 0.29) is 0 Å². The van der Waals surface area contributed by atoms with E-state index in [2.05, 4.69) is 101 Å². The van der Waals surface area contributed by atoms with Gasteiger partial charge in [0.15, 0.2) is 0 Å². The summed E-state index contributed by atoms with van der Waals surface area (Å²) in [5, 5.41) is 0. The van der Waals surface area contributed by atoms with Crippen LogP contribution in [-0.2, 0) is 4.74 Å². The van der Waals surface area contributed by atoms with Gasteiger partial charge in [-0.3, -0.25) is 0 Å². The molecule has 0 bridgehead atoms. The molecule has 134 valence electrons. The average Bonchev–Trinajstić information content (AvgIpc) is 2.75. The third kappa shape index (κ3) is 4.71. The van der Waals surface area contributed by atoms with E-state index < -0.39 is 18.4 Å². The Morgan fingerprint density at radius 2 is 1.19 bits per heavy atom. The average molecular weight is 459 g/mol. The molecule has 0 aromatic heterocycles. The van der Waals surface area contributed by atoms with Gasteiger partial charge in [0.05, 0.1) is 0 Å². The van der Waals surface area contributed by atoms with Crippen LogP contribution in [-0.4, -0.2) is 31.6 Å². The molecule has 0 saturated heterocycles. The van der Waals surface area contributed by atoms with E-state index in [4.69, 9.17) is 4.74 Å². The van der Waals surface area contributed by atoms with Crippen molar-refractivity contribution in [1.29, 1.82) is 0 Å². The summed E-state index contributed by atoms with van der Waals surface area (Å²) in [5.74, 6) is 3.37. The second kappa shape index (κ2) is 10.2. The first kappa shape index (κ1) is 19.5. The second-order valence-corrected chi connectivity index (χ2v) is 16.2. The number of hydrogen-bond acceptors (Lipinski definition) is 1. The molecule has 3 aromatic rings. The molecule has 0 amide bonds. The minimum absolute atomic E-state index is 0.454. The predicted octanol–water partition coefficient (Wildman–Crippen LogP) is 3.29. The molecule has 0 aliphatic rings. The molecule has 27 heavy (non-hydrogen) atoms. The van der Waals surface area contributed by atoms with Crippen LogP contribution < -0.4 is 10.7 Å². The Morgan fingerprint density at radius 3 is 1.59 bits per heavy atom. The van der Waals surface area contributed by atoms with Crippen LogP contribution in [0.25, 0.3) is 0 Å². The van der Waals surface area contributed by atoms with Crippen LogP contribution in [0.5, 0.6) is 0 Å². The molecular weight excluding hydrogens is 435 g/mol. The van der Waals surface area contributed by atoms with Crippen LogP contribution in [0, 0.1) is 9.86 Å². The zero-order chi connectivity index (χ0) is 18.8. The van der Waals surface area contributed by atoms with Gasteiger partial charge in [-0.25, -0.2) is 0 Å². The molecule has 0 unspecified atom stereocenters. The Kier molecular flexibility index (Phi) is 7.33. The van der Waals surface area contributed by atoms with E-state index in [0.717, 1.165) is 0 Å². The minimum atomic E-state index is -3.43. The molecule has 0 spiro atoms. The van der Waals surface area contributed by atoms with Gasteiger partial charge in [-0.1, -0.05) is 0 Å². The van der Waals surface area contributed by atoms with Gasteiger partial charge in [0.2, 0.25) is 0 Å². The van der Waals surface area contributed by atoms with E-state index >= 15 is 0 Å². The summed E-state index contributed by atoms with van der Waals surface area (Å²) >= 11 is -3.43. The third-order valence-corrected chi connectivity index (χ3v) is 16.4. The Labute approximate surface area is 166 Å². The van der Waals surface area contributed by atoms with E-state index in [1.807, 2.05) is 19.1 Å². The Morgan fingerprint density at radius 1 is 0.741 bits per heavy atom. The fourth-order valence-corrected chi connectivity index (χ4v) is 14.2. The van der Waals surface area contributed by atoms with Crippen molar-refractivity contribution in [3.05, 3.63) is 103 Å². The van der Waals surface area contributed by atoms with E-state index in [9.17, 15) is 0 Å². The molecule has 0 radical (unpaired) electrons. The third-order valence-electron chi connectivity index (χ3n) is 4.52. The second-order valence-electron chi connectivity index (χ2n) is 6.23. The number of rotatable bonds is 6. The fourth-order valence-electron chi connectivity index (χ4n) is 3.22. The first-order valence-corrected chi connectivity index (χ1v) is 14.9. The van der Waals surface area contributed by atoms with Crippen LogP contribution >= 0.6 is 0 Å². The normalized spacial score (nSPS) is 11.1.